The van der Waals surface area contributed by atoms with Crippen molar-refractivity contribution in [2.45, 2.75) is 18.4 Å². The first-order chi connectivity index (χ1) is 12.1. The number of carbonyl (C=O) groups excluding carboxylic acids is 1. The van der Waals surface area contributed by atoms with Gasteiger partial charge in [0.25, 0.3) is 5.91 Å². The van der Waals surface area contributed by atoms with E-state index in [0.717, 1.165) is 35.6 Å². The number of nitrogens with zero attached hydrogens (tertiary/aromatic N) is 1. The molecule has 0 radical (unpaired) electrons. The summed E-state index contributed by atoms with van der Waals surface area (Å²) < 4.78 is 0. The highest BCUT2D eigenvalue weighted by molar-refractivity contribution is 6.32. The molecule has 1 spiro atoms. The zero-order chi connectivity index (χ0) is 17.4. The molecule has 128 valence electrons. The molecule has 0 aliphatic carbocycles. The lowest BCUT2D eigenvalue weighted by Crippen LogP contribution is -2.49. The Balaban J connectivity index is 1.93. The average molecular weight is 374 g/mol. The van der Waals surface area contributed by atoms with Crippen LogP contribution in [-0.2, 0) is 4.79 Å². The van der Waals surface area contributed by atoms with Crippen LogP contribution in [0.2, 0.25) is 10.0 Å². The lowest BCUT2D eigenvalue weighted by Gasteiger charge is -2.32. The Labute approximate surface area is 156 Å². The van der Waals surface area contributed by atoms with E-state index in [1.54, 1.807) is 6.07 Å². The van der Waals surface area contributed by atoms with Crippen molar-refractivity contribution < 1.29 is 4.79 Å². The molecule has 1 fully saturated rings. The summed E-state index contributed by atoms with van der Waals surface area (Å²) in [4.78, 5) is 18.0. The normalized spacial score (nSPS) is 19.0. The second-order valence-corrected chi connectivity index (χ2v) is 7.27. The van der Waals surface area contributed by atoms with E-state index in [2.05, 4.69) is 10.6 Å². The van der Waals surface area contributed by atoms with Crippen molar-refractivity contribution in [3.8, 4) is 0 Å². The number of piperidine rings is 1. The molecule has 2 heterocycles. The molecule has 2 aliphatic heterocycles. The van der Waals surface area contributed by atoms with Crippen molar-refractivity contribution in [1.82, 2.24) is 5.32 Å². The highest BCUT2D eigenvalue weighted by atomic mass is 35.5. The van der Waals surface area contributed by atoms with Crippen molar-refractivity contribution in [2.24, 2.45) is 4.99 Å². The molecule has 0 atom stereocenters. The van der Waals surface area contributed by atoms with Gasteiger partial charge in [0.15, 0.2) is 0 Å². The Morgan fingerprint density at radius 2 is 1.64 bits per heavy atom. The van der Waals surface area contributed by atoms with Crippen LogP contribution in [0.15, 0.2) is 47.5 Å². The number of anilines is 1. The predicted molar refractivity (Wildman–Crippen MR) is 102 cm³/mol. The zero-order valence-electron chi connectivity index (χ0n) is 13.5. The number of hydrogen-bond acceptors (Lipinski definition) is 3. The van der Waals surface area contributed by atoms with Crippen LogP contribution in [-0.4, -0.2) is 30.2 Å². The molecule has 2 aliphatic rings. The molecule has 0 saturated carbocycles. The Bertz CT molecular complexity index is 855. The second-order valence-electron chi connectivity index (χ2n) is 6.39. The molecule has 0 bridgehead atoms. The summed E-state index contributed by atoms with van der Waals surface area (Å²) in [6.45, 7) is 1.53. The van der Waals surface area contributed by atoms with Crippen LogP contribution in [0, 0.1) is 0 Å². The topological polar surface area (TPSA) is 53.5 Å². The lowest BCUT2D eigenvalue weighted by atomic mass is 9.87. The Morgan fingerprint density at radius 3 is 2.36 bits per heavy atom. The summed E-state index contributed by atoms with van der Waals surface area (Å²) in [5, 5.41) is 7.63. The minimum atomic E-state index is -0.758. The van der Waals surface area contributed by atoms with Gasteiger partial charge < -0.3 is 10.6 Å². The highest BCUT2D eigenvalue weighted by Crippen LogP contribution is 2.34. The third-order valence-corrected chi connectivity index (χ3v) is 5.27. The fourth-order valence-electron chi connectivity index (χ4n) is 3.39. The zero-order valence-corrected chi connectivity index (χ0v) is 15.0. The van der Waals surface area contributed by atoms with E-state index in [-0.39, 0.29) is 5.91 Å². The molecular formula is C19H17Cl2N3O. The minimum absolute atomic E-state index is 0.0541. The van der Waals surface area contributed by atoms with Gasteiger partial charge in [-0.05, 0) is 56.3 Å². The van der Waals surface area contributed by atoms with Crippen LogP contribution in [0.5, 0.6) is 0 Å². The Morgan fingerprint density at radius 1 is 0.960 bits per heavy atom. The van der Waals surface area contributed by atoms with Gasteiger partial charge in [-0.2, -0.15) is 0 Å². The van der Waals surface area contributed by atoms with Gasteiger partial charge in [0, 0.05) is 21.2 Å². The summed E-state index contributed by atoms with van der Waals surface area (Å²) >= 11 is 12.3. The van der Waals surface area contributed by atoms with Gasteiger partial charge in [0.1, 0.15) is 5.54 Å². The number of nitrogens with one attached hydrogen (secondary N) is 2. The molecule has 2 aromatic rings. The van der Waals surface area contributed by atoms with Crippen LogP contribution < -0.4 is 10.6 Å². The summed E-state index contributed by atoms with van der Waals surface area (Å²) in [5.41, 5.74) is 2.50. The van der Waals surface area contributed by atoms with Crippen LogP contribution in [0.4, 0.5) is 5.69 Å². The van der Waals surface area contributed by atoms with Crippen LogP contribution in [0.25, 0.3) is 0 Å². The smallest absolute Gasteiger partial charge is 0.252 e. The second kappa shape index (κ2) is 6.45. The monoisotopic (exact) mass is 373 g/mol. The number of rotatable bonds is 1. The molecule has 0 unspecified atom stereocenters. The van der Waals surface area contributed by atoms with E-state index in [0.29, 0.717) is 22.9 Å². The van der Waals surface area contributed by atoms with Gasteiger partial charge >= 0.3 is 0 Å². The molecule has 1 amide bonds. The van der Waals surface area contributed by atoms with Gasteiger partial charge in [-0.15, -0.1) is 0 Å². The molecule has 2 N–H and O–H groups in total. The number of amides is 1. The first-order valence-electron chi connectivity index (χ1n) is 8.25. The summed E-state index contributed by atoms with van der Waals surface area (Å²) in [5.74, 6) is -0.0541. The molecule has 0 aromatic heterocycles. The fourth-order valence-corrected chi connectivity index (χ4v) is 3.69. The summed E-state index contributed by atoms with van der Waals surface area (Å²) in [6.07, 6.45) is 1.33. The van der Waals surface area contributed by atoms with Gasteiger partial charge in [-0.25, -0.2) is 0 Å². The molecular weight excluding hydrogens is 357 g/mol. The molecule has 6 heteroatoms. The number of halogens is 2. The lowest BCUT2D eigenvalue weighted by molar-refractivity contribution is -0.121. The first kappa shape index (κ1) is 16.6. The van der Waals surface area contributed by atoms with E-state index in [1.807, 2.05) is 36.4 Å². The third kappa shape index (κ3) is 3.06. The van der Waals surface area contributed by atoms with Crippen molar-refractivity contribution in [2.75, 3.05) is 18.4 Å². The van der Waals surface area contributed by atoms with Crippen molar-refractivity contribution in [1.29, 1.82) is 0 Å². The summed E-state index contributed by atoms with van der Waals surface area (Å²) in [6, 6.07) is 13.0. The predicted octanol–water partition coefficient (Wildman–Crippen LogP) is 3.91. The van der Waals surface area contributed by atoms with E-state index in [1.165, 1.54) is 0 Å². The van der Waals surface area contributed by atoms with Crippen LogP contribution in [0.1, 0.15) is 24.0 Å². The van der Waals surface area contributed by atoms with Crippen molar-refractivity contribution in [3.63, 3.8) is 0 Å². The van der Waals surface area contributed by atoms with Gasteiger partial charge in [-0.1, -0.05) is 35.3 Å². The van der Waals surface area contributed by atoms with Crippen molar-refractivity contribution in [3.05, 3.63) is 63.6 Å². The number of fused-ring (bicyclic) bond motifs is 1. The third-order valence-electron chi connectivity index (χ3n) is 4.78. The first-order valence-corrected chi connectivity index (χ1v) is 9.01. The van der Waals surface area contributed by atoms with Gasteiger partial charge in [0.2, 0.25) is 0 Å². The van der Waals surface area contributed by atoms with E-state index >= 15 is 0 Å². The molecule has 4 nitrogen and oxygen atoms in total. The largest absolute Gasteiger partial charge is 0.323 e. The maximum absolute atomic E-state index is 13.0. The molecule has 25 heavy (non-hydrogen) atoms. The van der Waals surface area contributed by atoms with E-state index in [4.69, 9.17) is 28.2 Å². The van der Waals surface area contributed by atoms with Crippen molar-refractivity contribution >= 4 is 40.5 Å². The minimum Gasteiger partial charge on any atom is -0.323 e. The highest BCUT2D eigenvalue weighted by Gasteiger charge is 2.42. The van der Waals surface area contributed by atoms with Crippen LogP contribution >= 0.6 is 23.2 Å². The number of carbonyl (C=O) groups is 1. The van der Waals surface area contributed by atoms with E-state index < -0.39 is 5.54 Å². The maximum Gasteiger partial charge on any atom is 0.252 e. The number of hydrogen-bond donors (Lipinski definition) is 2. The SMILES string of the molecule is O=C1Nc2ccc(Cl)cc2C(c2ccc(Cl)cc2)=NC12CCNCC2. The summed E-state index contributed by atoms with van der Waals surface area (Å²) in [7, 11) is 0. The standard InChI is InChI=1S/C19H17Cl2N3O/c20-13-3-1-12(2-4-13)17-15-11-14(21)5-6-16(15)23-18(25)19(24-17)7-9-22-10-8-19/h1-6,11,22H,7-10H2,(H,23,25). The Hall–Kier alpha value is -1.88. The fraction of sp³-hybridized carbons (Fsp3) is 0.263. The maximum atomic E-state index is 13.0. The molecule has 1 saturated heterocycles. The quantitative estimate of drug-likeness (QED) is 0.796. The number of benzene rings is 2. The molecule has 2 aromatic carbocycles. The van der Waals surface area contributed by atoms with E-state index in [9.17, 15) is 4.79 Å². The average Bonchev–Trinajstić information content (AvgIpc) is 2.73. The van der Waals surface area contributed by atoms with Gasteiger partial charge in [-0.3, -0.25) is 9.79 Å². The van der Waals surface area contributed by atoms with Gasteiger partial charge in [0.05, 0.1) is 11.4 Å². The Kier molecular flexibility index (Phi) is 4.28. The molecule has 4 rings (SSSR count). The number of aliphatic imine (C=N–C) groups is 1. The van der Waals surface area contributed by atoms with Crippen LogP contribution in [0.3, 0.4) is 0 Å².